The molecule has 0 saturated carbocycles. The molecule has 0 spiro atoms. The minimum absolute atomic E-state index is 0.0283. The number of hydrogen-bond donors (Lipinski definition) is 0. The lowest BCUT2D eigenvalue weighted by molar-refractivity contribution is -0.0696. The van der Waals surface area contributed by atoms with E-state index in [1.807, 2.05) is 6.07 Å². The molecule has 0 bridgehead atoms. The molecule has 176 valence electrons. The van der Waals surface area contributed by atoms with E-state index >= 15 is 0 Å². The average molecular weight is 476 g/mol. The van der Waals surface area contributed by atoms with Crippen LogP contribution in [-0.4, -0.2) is 6.18 Å². The van der Waals surface area contributed by atoms with Crippen LogP contribution in [0.2, 0.25) is 0 Å². The Hall–Kier alpha value is -3.65. The van der Waals surface area contributed by atoms with Crippen LogP contribution in [-0.2, 0) is 12.8 Å². The van der Waals surface area contributed by atoms with E-state index in [1.54, 1.807) is 18.1 Å². The van der Waals surface area contributed by atoms with E-state index in [1.165, 1.54) is 28.3 Å². The summed E-state index contributed by atoms with van der Waals surface area (Å²) in [6, 6.07) is 20.8. The molecule has 4 aromatic carbocycles. The Labute approximate surface area is 200 Å². The van der Waals surface area contributed by atoms with Gasteiger partial charge < -0.3 is 0 Å². The summed E-state index contributed by atoms with van der Waals surface area (Å²) in [5.41, 5.74) is 6.01. The molecule has 0 radical (unpaired) electrons. The minimum atomic E-state index is -4.83. The molecular weight excluding hydrogens is 455 g/mol. The highest BCUT2D eigenvalue weighted by atomic mass is 19.4. The van der Waals surface area contributed by atoms with Crippen molar-refractivity contribution in [3.63, 3.8) is 0 Å². The molecule has 0 nitrogen and oxygen atoms in total. The van der Waals surface area contributed by atoms with Crippen molar-refractivity contribution in [1.82, 2.24) is 0 Å². The summed E-state index contributed by atoms with van der Waals surface area (Å²) < 4.78 is 66.3. The molecule has 0 aliphatic heterocycles. The van der Waals surface area contributed by atoms with Gasteiger partial charge in [-0.15, -0.1) is 0 Å². The molecule has 5 heteroatoms. The van der Waals surface area contributed by atoms with Gasteiger partial charge in [-0.2, -0.15) is 13.2 Å². The monoisotopic (exact) mass is 476 g/mol. The number of halogens is 5. The van der Waals surface area contributed by atoms with Crippen molar-refractivity contribution >= 4 is 10.8 Å². The van der Waals surface area contributed by atoms with Crippen LogP contribution in [0.5, 0.6) is 0 Å². The lowest BCUT2D eigenvalue weighted by atomic mass is 9.79. The van der Waals surface area contributed by atoms with Gasteiger partial charge in [0.05, 0.1) is 5.56 Å². The summed E-state index contributed by atoms with van der Waals surface area (Å²) in [5.74, 6) is 0.804. The SMILES string of the molecule is Cc1ccc(C2CCc3cc(-c4ccc5c(F)c(C#CC(F)(F)F)c(F)cc5c4)ccc3C2)cc1. The van der Waals surface area contributed by atoms with Gasteiger partial charge in [-0.1, -0.05) is 66.1 Å². The van der Waals surface area contributed by atoms with Gasteiger partial charge in [-0.3, -0.25) is 0 Å². The molecular formula is C30H21F5. The van der Waals surface area contributed by atoms with Gasteiger partial charge in [0.15, 0.2) is 0 Å². The minimum Gasteiger partial charge on any atom is -0.205 e. The maximum Gasteiger partial charge on any atom is 0.458 e. The third-order valence-corrected chi connectivity index (χ3v) is 6.67. The highest BCUT2D eigenvalue weighted by molar-refractivity contribution is 5.89. The Kier molecular flexibility index (Phi) is 5.84. The fourth-order valence-electron chi connectivity index (χ4n) is 4.82. The van der Waals surface area contributed by atoms with Gasteiger partial charge >= 0.3 is 6.18 Å². The third kappa shape index (κ3) is 4.79. The van der Waals surface area contributed by atoms with Gasteiger partial charge in [0, 0.05) is 11.3 Å². The smallest absolute Gasteiger partial charge is 0.205 e. The molecule has 0 amide bonds. The third-order valence-electron chi connectivity index (χ3n) is 6.67. The molecule has 0 heterocycles. The van der Waals surface area contributed by atoms with Crippen LogP contribution >= 0.6 is 0 Å². The normalized spacial score (nSPS) is 15.4. The highest BCUT2D eigenvalue weighted by Gasteiger charge is 2.24. The fraction of sp³-hybridized carbons (Fsp3) is 0.200. The zero-order chi connectivity index (χ0) is 24.7. The van der Waals surface area contributed by atoms with E-state index < -0.39 is 23.4 Å². The van der Waals surface area contributed by atoms with Crippen molar-refractivity contribution in [1.29, 1.82) is 0 Å². The Morgan fingerprint density at radius 2 is 1.54 bits per heavy atom. The number of aryl methyl sites for hydroxylation is 2. The van der Waals surface area contributed by atoms with Crippen LogP contribution in [0.25, 0.3) is 21.9 Å². The first-order valence-electron chi connectivity index (χ1n) is 11.4. The summed E-state index contributed by atoms with van der Waals surface area (Å²) >= 11 is 0. The zero-order valence-electron chi connectivity index (χ0n) is 18.9. The molecule has 0 saturated heterocycles. The Morgan fingerprint density at radius 1 is 0.829 bits per heavy atom. The van der Waals surface area contributed by atoms with Crippen LogP contribution in [0, 0.1) is 30.4 Å². The Balaban J connectivity index is 1.45. The second kappa shape index (κ2) is 8.85. The van der Waals surface area contributed by atoms with Gasteiger partial charge in [-0.25, -0.2) is 8.78 Å². The quantitative estimate of drug-likeness (QED) is 0.202. The van der Waals surface area contributed by atoms with Gasteiger partial charge in [-0.05, 0) is 77.4 Å². The van der Waals surface area contributed by atoms with E-state index in [0.717, 1.165) is 42.4 Å². The molecule has 1 atom stereocenters. The molecule has 35 heavy (non-hydrogen) atoms. The van der Waals surface area contributed by atoms with Gasteiger partial charge in [0.25, 0.3) is 0 Å². The first kappa shape index (κ1) is 23.1. The predicted molar refractivity (Wildman–Crippen MR) is 128 cm³/mol. The first-order valence-corrected chi connectivity index (χ1v) is 11.4. The summed E-state index contributed by atoms with van der Waals surface area (Å²) in [5, 5.41) is 0.299. The molecule has 4 aromatic rings. The van der Waals surface area contributed by atoms with E-state index in [-0.39, 0.29) is 10.8 Å². The maximum atomic E-state index is 14.8. The summed E-state index contributed by atoms with van der Waals surface area (Å²) in [4.78, 5) is 0. The topological polar surface area (TPSA) is 0 Å². The molecule has 0 N–H and O–H groups in total. The number of benzene rings is 4. The van der Waals surface area contributed by atoms with Gasteiger partial charge in [0.2, 0.25) is 0 Å². The first-order chi connectivity index (χ1) is 16.7. The average Bonchev–Trinajstić information content (AvgIpc) is 2.82. The lowest BCUT2D eigenvalue weighted by Gasteiger charge is -2.25. The molecule has 5 rings (SSSR count). The van der Waals surface area contributed by atoms with Crippen molar-refractivity contribution in [2.45, 2.75) is 38.3 Å². The number of fused-ring (bicyclic) bond motifs is 2. The van der Waals surface area contributed by atoms with Crippen LogP contribution in [0.3, 0.4) is 0 Å². The van der Waals surface area contributed by atoms with Crippen molar-refractivity contribution in [3.8, 4) is 23.0 Å². The molecule has 0 fully saturated rings. The van der Waals surface area contributed by atoms with E-state index in [4.69, 9.17) is 0 Å². The van der Waals surface area contributed by atoms with Crippen molar-refractivity contribution < 1.29 is 22.0 Å². The Bertz CT molecular complexity index is 1480. The second-order valence-electron chi connectivity index (χ2n) is 9.06. The van der Waals surface area contributed by atoms with Crippen LogP contribution < -0.4 is 0 Å². The standard InChI is InChI=1S/C30H21F5/c1-18-2-4-19(5-3-18)20-6-7-22-15-23(9-8-21(22)14-20)24-10-11-26-25(16-24)17-28(31)27(29(26)32)12-13-30(33,34)35/h2-5,8-11,15-17,20H,6-7,14H2,1H3. The predicted octanol–water partition coefficient (Wildman–Crippen LogP) is 8.28. The molecule has 0 aromatic heterocycles. The van der Waals surface area contributed by atoms with Crippen LogP contribution in [0.4, 0.5) is 22.0 Å². The van der Waals surface area contributed by atoms with Crippen LogP contribution in [0.15, 0.2) is 66.7 Å². The molecule has 1 unspecified atom stereocenters. The Morgan fingerprint density at radius 3 is 2.29 bits per heavy atom. The lowest BCUT2D eigenvalue weighted by Crippen LogP contribution is -2.12. The van der Waals surface area contributed by atoms with E-state index in [0.29, 0.717) is 5.92 Å². The summed E-state index contributed by atoms with van der Waals surface area (Å²) in [7, 11) is 0. The zero-order valence-corrected chi connectivity index (χ0v) is 18.9. The van der Waals surface area contributed by atoms with Crippen molar-refractivity contribution in [3.05, 3.63) is 106 Å². The number of hydrogen-bond acceptors (Lipinski definition) is 0. The largest absolute Gasteiger partial charge is 0.458 e. The summed E-state index contributed by atoms with van der Waals surface area (Å²) in [6.07, 6.45) is -1.87. The van der Waals surface area contributed by atoms with E-state index in [2.05, 4.69) is 43.3 Å². The number of alkyl halides is 3. The molecule has 1 aliphatic rings. The number of rotatable bonds is 2. The van der Waals surface area contributed by atoms with E-state index in [9.17, 15) is 22.0 Å². The van der Waals surface area contributed by atoms with Crippen LogP contribution in [0.1, 0.15) is 40.2 Å². The fourth-order valence-corrected chi connectivity index (χ4v) is 4.82. The van der Waals surface area contributed by atoms with Crippen molar-refractivity contribution in [2.24, 2.45) is 0 Å². The summed E-state index contributed by atoms with van der Waals surface area (Å²) in [6.45, 7) is 2.08. The maximum absolute atomic E-state index is 14.8. The second-order valence-corrected chi connectivity index (χ2v) is 9.06. The van der Waals surface area contributed by atoms with Gasteiger partial charge in [0.1, 0.15) is 11.6 Å². The van der Waals surface area contributed by atoms with Crippen molar-refractivity contribution in [2.75, 3.05) is 0 Å². The molecule has 1 aliphatic carbocycles. The highest BCUT2D eigenvalue weighted by Crippen LogP contribution is 2.36.